The molecule has 1 unspecified atom stereocenters. The number of hydroxylamine groups is 1. The molecular formula is C19H26N4O5S2. The summed E-state index contributed by atoms with van der Waals surface area (Å²) in [5.74, 6) is -0.929. The zero-order valence-corrected chi connectivity index (χ0v) is 18.2. The smallest absolute Gasteiger partial charge is 0.324 e. The molecule has 1 heterocycles. The maximum absolute atomic E-state index is 11.5. The standard InChI is InChI=1S/C19H26N4O5S2/c1-30(26,27)10-9-17(19(24)25)23-28-18-16(21-11-14(20)12-29)8-7-15(22-18)13-5-3-2-4-6-13/h2-8,14,17,21,23,29H,9-12,20H2,1H3,(H,24,25)/t14?,17-/m0/s1. The first-order chi connectivity index (χ1) is 14.2. The molecule has 0 bridgehead atoms. The van der Waals surface area contributed by atoms with Crippen molar-refractivity contribution in [2.24, 2.45) is 5.73 Å². The molecule has 1 aromatic heterocycles. The minimum absolute atomic E-state index is 0.119. The van der Waals surface area contributed by atoms with Crippen LogP contribution in [0.2, 0.25) is 0 Å². The van der Waals surface area contributed by atoms with Crippen LogP contribution in [0, 0.1) is 0 Å². The maximum atomic E-state index is 11.5. The molecule has 0 spiro atoms. The van der Waals surface area contributed by atoms with Gasteiger partial charge in [0.15, 0.2) is 0 Å². The summed E-state index contributed by atoms with van der Waals surface area (Å²) in [7, 11) is -3.32. The fraction of sp³-hybridized carbons (Fsp3) is 0.368. The van der Waals surface area contributed by atoms with E-state index in [1.807, 2.05) is 30.3 Å². The number of anilines is 1. The highest BCUT2D eigenvalue weighted by molar-refractivity contribution is 7.90. The normalized spacial score (nSPS) is 13.4. The van der Waals surface area contributed by atoms with Crippen molar-refractivity contribution in [2.75, 3.05) is 29.6 Å². The molecule has 5 N–H and O–H groups in total. The summed E-state index contributed by atoms with van der Waals surface area (Å²) in [5, 5.41) is 12.5. The lowest BCUT2D eigenvalue weighted by atomic mass is 10.1. The van der Waals surface area contributed by atoms with Crippen LogP contribution < -0.4 is 21.4 Å². The van der Waals surface area contributed by atoms with Crippen molar-refractivity contribution >= 4 is 34.1 Å². The van der Waals surface area contributed by atoms with Crippen LogP contribution >= 0.6 is 12.6 Å². The number of nitrogens with zero attached hydrogens (tertiary/aromatic N) is 1. The lowest BCUT2D eigenvalue weighted by Crippen LogP contribution is -2.40. The monoisotopic (exact) mass is 454 g/mol. The van der Waals surface area contributed by atoms with E-state index >= 15 is 0 Å². The van der Waals surface area contributed by atoms with Crippen LogP contribution in [-0.4, -0.2) is 60.9 Å². The molecule has 30 heavy (non-hydrogen) atoms. The van der Waals surface area contributed by atoms with Gasteiger partial charge in [0.25, 0.3) is 5.88 Å². The van der Waals surface area contributed by atoms with E-state index in [2.05, 4.69) is 28.4 Å². The fourth-order valence-electron chi connectivity index (χ4n) is 2.42. The molecule has 11 heteroatoms. The predicted octanol–water partition coefficient (Wildman–Crippen LogP) is 1.19. The van der Waals surface area contributed by atoms with Gasteiger partial charge in [-0.05, 0) is 18.6 Å². The van der Waals surface area contributed by atoms with E-state index < -0.39 is 21.8 Å². The molecule has 0 radical (unpaired) electrons. The Hall–Kier alpha value is -2.34. The first-order valence-corrected chi connectivity index (χ1v) is 11.9. The summed E-state index contributed by atoms with van der Waals surface area (Å²) in [4.78, 5) is 21.4. The Balaban J connectivity index is 2.23. The Labute approximate surface area is 181 Å². The van der Waals surface area contributed by atoms with Gasteiger partial charge in [0.2, 0.25) is 0 Å². The molecule has 0 saturated heterocycles. The zero-order chi connectivity index (χ0) is 22.1. The van der Waals surface area contributed by atoms with Gasteiger partial charge in [0.1, 0.15) is 15.9 Å². The molecule has 2 atom stereocenters. The van der Waals surface area contributed by atoms with Gasteiger partial charge in [-0.15, -0.1) is 5.48 Å². The lowest BCUT2D eigenvalue weighted by molar-refractivity contribution is -0.141. The second-order valence-electron chi connectivity index (χ2n) is 6.77. The van der Waals surface area contributed by atoms with Crippen LogP contribution in [-0.2, 0) is 14.6 Å². The van der Waals surface area contributed by atoms with Crippen LogP contribution in [0.4, 0.5) is 5.69 Å². The molecule has 0 aliphatic heterocycles. The largest absolute Gasteiger partial charge is 0.480 e. The van der Waals surface area contributed by atoms with Crippen LogP contribution in [0.15, 0.2) is 42.5 Å². The Morgan fingerprint density at radius 2 is 1.97 bits per heavy atom. The molecular weight excluding hydrogens is 428 g/mol. The summed E-state index contributed by atoms with van der Waals surface area (Å²) in [6.45, 7) is 0.405. The van der Waals surface area contributed by atoms with E-state index in [1.165, 1.54) is 0 Å². The topological polar surface area (TPSA) is 144 Å². The third-order valence-corrected chi connectivity index (χ3v) is 5.54. The van der Waals surface area contributed by atoms with Crippen molar-refractivity contribution in [1.29, 1.82) is 0 Å². The van der Waals surface area contributed by atoms with Crippen LogP contribution in [0.25, 0.3) is 11.3 Å². The number of carboxylic acid groups (broad SMARTS) is 1. The lowest BCUT2D eigenvalue weighted by Gasteiger charge is -2.18. The van der Waals surface area contributed by atoms with Crippen molar-refractivity contribution in [2.45, 2.75) is 18.5 Å². The molecule has 1 aromatic carbocycles. The van der Waals surface area contributed by atoms with Gasteiger partial charge in [-0.3, -0.25) is 4.79 Å². The Kier molecular flexibility index (Phi) is 8.90. The van der Waals surface area contributed by atoms with Gasteiger partial charge in [-0.25, -0.2) is 13.4 Å². The minimum atomic E-state index is -3.32. The van der Waals surface area contributed by atoms with Gasteiger partial charge in [0.05, 0.1) is 17.1 Å². The van der Waals surface area contributed by atoms with Gasteiger partial charge in [-0.1, -0.05) is 30.3 Å². The molecule has 0 amide bonds. The van der Waals surface area contributed by atoms with E-state index in [9.17, 15) is 18.3 Å². The number of thiol groups is 1. The summed E-state index contributed by atoms with van der Waals surface area (Å²) in [6, 6.07) is 11.5. The summed E-state index contributed by atoms with van der Waals surface area (Å²) in [5.41, 5.74) is 10.3. The van der Waals surface area contributed by atoms with Crippen LogP contribution in [0.1, 0.15) is 6.42 Å². The fourth-order valence-corrected chi connectivity index (χ4v) is 3.21. The Morgan fingerprint density at radius 3 is 2.57 bits per heavy atom. The van der Waals surface area contributed by atoms with Crippen molar-refractivity contribution < 1.29 is 23.2 Å². The van der Waals surface area contributed by atoms with Gasteiger partial charge in [0, 0.05) is 30.2 Å². The quantitative estimate of drug-likeness (QED) is 0.236. The highest BCUT2D eigenvalue weighted by Gasteiger charge is 2.21. The molecule has 0 fully saturated rings. The van der Waals surface area contributed by atoms with Crippen LogP contribution in [0.3, 0.4) is 0 Å². The molecule has 0 aliphatic rings. The first-order valence-electron chi connectivity index (χ1n) is 9.19. The number of sulfone groups is 1. The van der Waals surface area contributed by atoms with E-state index in [0.717, 1.165) is 11.8 Å². The average molecular weight is 455 g/mol. The van der Waals surface area contributed by atoms with Gasteiger partial charge < -0.3 is 21.0 Å². The Morgan fingerprint density at radius 1 is 1.27 bits per heavy atom. The number of aromatic nitrogens is 1. The summed E-state index contributed by atoms with van der Waals surface area (Å²) >= 11 is 4.15. The minimum Gasteiger partial charge on any atom is -0.480 e. The number of hydrogen-bond acceptors (Lipinski definition) is 9. The maximum Gasteiger partial charge on any atom is 0.324 e. The van der Waals surface area contributed by atoms with Crippen molar-refractivity contribution in [3.63, 3.8) is 0 Å². The number of carboxylic acids is 1. The highest BCUT2D eigenvalue weighted by Crippen LogP contribution is 2.27. The third kappa shape index (κ3) is 7.82. The second-order valence-corrected chi connectivity index (χ2v) is 9.39. The van der Waals surface area contributed by atoms with Crippen molar-refractivity contribution in [3.05, 3.63) is 42.5 Å². The molecule has 0 aliphatic carbocycles. The average Bonchev–Trinajstić information content (AvgIpc) is 2.71. The number of nitrogens with two attached hydrogens (primary N) is 1. The van der Waals surface area contributed by atoms with E-state index in [-0.39, 0.29) is 24.1 Å². The SMILES string of the molecule is CS(=O)(=O)CC[C@H](NOc1nc(-c2ccccc2)ccc1NCC(N)CS)C(=O)O. The molecule has 2 aromatic rings. The molecule has 0 saturated carbocycles. The van der Waals surface area contributed by atoms with E-state index in [1.54, 1.807) is 12.1 Å². The number of aliphatic carboxylic acids is 1. The number of carbonyl (C=O) groups is 1. The molecule has 2 rings (SSSR count). The first kappa shape index (κ1) is 23.9. The molecule has 9 nitrogen and oxygen atoms in total. The van der Waals surface area contributed by atoms with E-state index in [0.29, 0.717) is 23.7 Å². The van der Waals surface area contributed by atoms with E-state index in [4.69, 9.17) is 10.6 Å². The number of nitrogens with one attached hydrogen (secondary N) is 2. The van der Waals surface area contributed by atoms with Crippen molar-refractivity contribution in [3.8, 4) is 17.1 Å². The number of benzene rings is 1. The Bertz CT molecular complexity index is 941. The van der Waals surface area contributed by atoms with Gasteiger partial charge >= 0.3 is 5.97 Å². The zero-order valence-electron chi connectivity index (χ0n) is 16.5. The summed E-state index contributed by atoms with van der Waals surface area (Å²) < 4.78 is 22.7. The predicted molar refractivity (Wildman–Crippen MR) is 120 cm³/mol. The highest BCUT2D eigenvalue weighted by atomic mass is 32.2. The second kappa shape index (κ2) is 11.2. The third-order valence-electron chi connectivity index (χ3n) is 4.09. The number of hydrogen-bond donors (Lipinski definition) is 5. The summed E-state index contributed by atoms with van der Waals surface area (Å²) in [6.07, 6.45) is 0.893. The molecule has 164 valence electrons. The number of pyridine rings is 1. The van der Waals surface area contributed by atoms with Crippen molar-refractivity contribution in [1.82, 2.24) is 10.5 Å². The van der Waals surface area contributed by atoms with Crippen LogP contribution in [0.5, 0.6) is 5.88 Å². The van der Waals surface area contributed by atoms with Gasteiger partial charge in [-0.2, -0.15) is 12.6 Å². The number of rotatable bonds is 12.